The van der Waals surface area contributed by atoms with Crippen molar-refractivity contribution in [2.75, 3.05) is 50.8 Å². The van der Waals surface area contributed by atoms with Crippen molar-refractivity contribution in [3.63, 3.8) is 0 Å². The minimum atomic E-state index is 0.497. The maximum absolute atomic E-state index is 5.59. The van der Waals surface area contributed by atoms with Crippen molar-refractivity contribution >= 4 is 5.69 Å². The molecule has 0 aromatic heterocycles. The molecule has 4 heteroatoms. The van der Waals surface area contributed by atoms with Gasteiger partial charge in [-0.1, -0.05) is 12.1 Å². The number of hydrogen-bond acceptors (Lipinski definition) is 4. The summed E-state index contributed by atoms with van der Waals surface area (Å²) in [6.45, 7) is 7.31. The maximum Gasteiger partial charge on any atom is 0.0723 e. The van der Waals surface area contributed by atoms with Gasteiger partial charge in [-0.2, -0.15) is 0 Å². The summed E-state index contributed by atoms with van der Waals surface area (Å²) in [7, 11) is 0. The summed E-state index contributed by atoms with van der Waals surface area (Å²) in [5.41, 5.74) is 8.26. The first-order valence-corrected chi connectivity index (χ1v) is 7.73. The fourth-order valence-corrected chi connectivity index (χ4v) is 2.95. The second kappa shape index (κ2) is 6.57. The zero-order valence-electron chi connectivity index (χ0n) is 12.1. The van der Waals surface area contributed by atoms with Crippen LogP contribution in [0.5, 0.6) is 0 Å². The molecule has 0 radical (unpaired) electrons. The molecule has 2 saturated heterocycles. The number of rotatable bonds is 5. The highest BCUT2D eigenvalue weighted by Crippen LogP contribution is 2.19. The van der Waals surface area contributed by atoms with Crippen molar-refractivity contribution in [2.45, 2.75) is 18.9 Å². The Kier molecular flexibility index (Phi) is 4.55. The highest BCUT2D eigenvalue weighted by Gasteiger charge is 2.24. The second-order valence-electron chi connectivity index (χ2n) is 5.77. The SMILES string of the molecule is NCCc1ccc(N2CCN(CC3CCO3)CC2)cc1. The van der Waals surface area contributed by atoms with Crippen molar-refractivity contribution in [1.29, 1.82) is 0 Å². The van der Waals surface area contributed by atoms with E-state index in [0.29, 0.717) is 6.10 Å². The third-order valence-corrected chi connectivity index (χ3v) is 4.36. The molecule has 110 valence electrons. The van der Waals surface area contributed by atoms with Gasteiger partial charge in [-0.15, -0.1) is 0 Å². The third kappa shape index (κ3) is 3.32. The number of anilines is 1. The molecule has 2 heterocycles. The van der Waals surface area contributed by atoms with E-state index in [9.17, 15) is 0 Å². The summed E-state index contributed by atoms with van der Waals surface area (Å²) in [6.07, 6.45) is 2.70. The lowest BCUT2D eigenvalue weighted by molar-refractivity contribution is -0.0671. The highest BCUT2D eigenvalue weighted by atomic mass is 16.5. The molecular formula is C16H25N3O. The van der Waals surface area contributed by atoms with E-state index in [-0.39, 0.29) is 0 Å². The molecule has 1 aromatic rings. The Balaban J connectivity index is 1.49. The summed E-state index contributed by atoms with van der Waals surface area (Å²) in [6, 6.07) is 8.87. The topological polar surface area (TPSA) is 41.7 Å². The maximum atomic E-state index is 5.59. The van der Waals surface area contributed by atoms with E-state index in [1.54, 1.807) is 0 Å². The zero-order valence-corrected chi connectivity index (χ0v) is 12.1. The lowest BCUT2D eigenvalue weighted by atomic mass is 10.1. The first kappa shape index (κ1) is 13.9. The predicted octanol–water partition coefficient (Wildman–Crippen LogP) is 1.10. The van der Waals surface area contributed by atoms with E-state index in [2.05, 4.69) is 34.1 Å². The molecule has 2 aliphatic rings. The van der Waals surface area contributed by atoms with E-state index in [4.69, 9.17) is 10.5 Å². The van der Waals surface area contributed by atoms with E-state index < -0.39 is 0 Å². The molecule has 2 N–H and O–H groups in total. The molecule has 0 spiro atoms. The number of ether oxygens (including phenoxy) is 1. The first-order chi connectivity index (χ1) is 9.85. The number of nitrogens with two attached hydrogens (primary N) is 1. The van der Waals surface area contributed by atoms with Crippen molar-refractivity contribution < 1.29 is 4.74 Å². The van der Waals surface area contributed by atoms with Crippen LogP contribution in [0.3, 0.4) is 0 Å². The fraction of sp³-hybridized carbons (Fsp3) is 0.625. The van der Waals surface area contributed by atoms with E-state index >= 15 is 0 Å². The van der Waals surface area contributed by atoms with Crippen molar-refractivity contribution in [3.8, 4) is 0 Å². The molecule has 3 rings (SSSR count). The lowest BCUT2D eigenvalue weighted by Crippen LogP contribution is -2.50. The van der Waals surface area contributed by atoms with Crippen LogP contribution in [0.15, 0.2) is 24.3 Å². The van der Waals surface area contributed by atoms with Crippen LogP contribution in [0.2, 0.25) is 0 Å². The largest absolute Gasteiger partial charge is 0.377 e. The molecule has 20 heavy (non-hydrogen) atoms. The smallest absolute Gasteiger partial charge is 0.0723 e. The van der Waals surface area contributed by atoms with Crippen molar-refractivity contribution in [3.05, 3.63) is 29.8 Å². The zero-order chi connectivity index (χ0) is 13.8. The van der Waals surface area contributed by atoms with Gasteiger partial charge in [0.05, 0.1) is 6.10 Å². The van der Waals surface area contributed by atoms with Crippen LogP contribution >= 0.6 is 0 Å². The number of hydrogen-bond donors (Lipinski definition) is 1. The van der Waals surface area contributed by atoms with Gasteiger partial charge in [0.2, 0.25) is 0 Å². The van der Waals surface area contributed by atoms with Gasteiger partial charge in [-0.25, -0.2) is 0 Å². The Morgan fingerprint density at radius 1 is 1.10 bits per heavy atom. The minimum Gasteiger partial charge on any atom is -0.377 e. The Morgan fingerprint density at radius 2 is 1.80 bits per heavy atom. The Bertz CT molecular complexity index is 408. The molecule has 1 unspecified atom stereocenters. The molecule has 0 saturated carbocycles. The average molecular weight is 275 g/mol. The normalized spacial score (nSPS) is 23.6. The fourth-order valence-electron chi connectivity index (χ4n) is 2.95. The van der Waals surface area contributed by atoms with Gasteiger partial charge in [-0.05, 0) is 37.1 Å². The molecule has 2 fully saturated rings. The molecule has 2 aliphatic heterocycles. The van der Waals surface area contributed by atoms with Crippen LogP contribution in [0, 0.1) is 0 Å². The highest BCUT2D eigenvalue weighted by molar-refractivity contribution is 5.48. The Labute approximate surface area is 121 Å². The van der Waals surface area contributed by atoms with E-state index in [1.807, 2.05) is 0 Å². The lowest BCUT2D eigenvalue weighted by Gasteiger charge is -2.39. The molecule has 0 aliphatic carbocycles. The van der Waals surface area contributed by atoms with Crippen LogP contribution in [0.4, 0.5) is 5.69 Å². The van der Waals surface area contributed by atoms with Gasteiger partial charge >= 0.3 is 0 Å². The van der Waals surface area contributed by atoms with Crippen LogP contribution in [0.1, 0.15) is 12.0 Å². The minimum absolute atomic E-state index is 0.497. The summed E-state index contributed by atoms with van der Waals surface area (Å²) in [5, 5.41) is 0. The molecule has 0 amide bonds. The van der Waals surface area contributed by atoms with Gasteiger partial charge in [0, 0.05) is 45.0 Å². The van der Waals surface area contributed by atoms with Crippen LogP contribution in [0.25, 0.3) is 0 Å². The van der Waals surface area contributed by atoms with Gasteiger partial charge in [0.1, 0.15) is 0 Å². The van der Waals surface area contributed by atoms with Crippen LogP contribution in [-0.4, -0.2) is 56.9 Å². The van der Waals surface area contributed by atoms with Crippen LogP contribution in [-0.2, 0) is 11.2 Å². The standard InChI is InChI=1S/C16H25N3O/c17-7-5-14-1-3-15(4-2-14)19-10-8-18(9-11-19)13-16-6-12-20-16/h1-4,16H,5-13,17H2. The molecule has 4 nitrogen and oxygen atoms in total. The molecular weight excluding hydrogens is 250 g/mol. The average Bonchev–Trinajstić information content (AvgIpc) is 2.45. The van der Waals surface area contributed by atoms with Gasteiger partial charge < -0.3 is 15.4 Å². The monoisotopic (exact) mass is 275 g/mol. The third-order valence-electron chi connectivity index (χ3n) is 4.36. The Morgan fingerprint density at radius 3 is 2.35 bits per heavy atom. The molecule has 0 bridgehead atoms. The second-order valence-corrected chi connectivity index (χ2v) is 5.77. The molecule has 1 atom stereocenters. The van der Waals surface area contributed by atoms with Gasteiger partial charge in [-0.3, -0.25) is 4.90 Å². The summed E-state index contributed by atoms with van der Waals surface area (Å²) in [5.74, 6) is 0. The quantitative estimate of drug-likeness (QED) is 0.874. The van der Waals surface area contributed by atoms with Gasteiger partial charge in [0.25, 0.3) is 0 Å². The molecule has 1 aromatic carbocycles. The summed E-state index contributed by atoms with van der Waals surface area (Å²) < 4.78 is 5.52. The first-order valence-electron chi connectivity index (χ1n) is 7.73. The number of nitrogens with zero attached hydrogens (tertiary/aromatic N) is 2. The predicted molar refractivity (Wildman–Crippen MR) is 82.2 cm³/mol. The van der Waals surface area contributed by atoms with E-state index in [0.717, 1.165) is 52.3 Å². The van der Waals surface area contributed by atoms with Gasteiger partial charge in [0.15, 0.2) is 0 Å². The van der Waals surface area contributed by atoms with E-state index in [1.165, 1.54) is 17.7 Å². The number of benzene rings is 1. The summed E-state index contributed by atoms with van der Waals surface area (Å²) >= 11 is 0. The van der Waals surface area contributed by atoms with Crippen LogP contribution < -0.4 is 10.6 Å². The number of piperazine rings is 1. The van der Waals surface area contributed by atoms with Crippen molar-refractivity contribution in [1.82, 2.24) is 4.90 Å². The summed E-state index contributed by atoms with van der Waals surface area (Å²) in [4.78, 5) is 5.01. The Hall–Kier alpha value is -1.10. The van der Waals surface area contributed by atoms with Crippen molar-refractivity contribution in [2.24, 2.45) is 5.73 Å².